The Morgan fingerprint density at radius 3 is 1.44 bits per heavy atom. The molecule has 2 aromatic heterocycles. The fraction of sp³-hybridized carbons (Fsp3) is 0. The van der Waals surface area contributed by atoms with Gasteiger partial charge in [0.05, 0.1) is 0 Å². The molecule has 0 saturated heterocycles. The molecule has 11 rings (SSSR count). The Bertz CT molecular complexity index is 3100. The quantitative estimate of drug-likeness (QED) is 0.175. The number of para-hydroxylation sites is 2. The number of rotatable bonds is 4. The monoisotopic (exact) mass is 662 g/mol. The molecule has 0 saturated carbocycles. The molecule has 11 aromatic rings. The van der Waals surface area contributed by atoms with Gasteiger partial charge in [-0.1, -0.05) is 152 Å². The minimum absolute atomic E-state index is 0.886. The first-order valence-electron chi connectivity index (χ1n) is 17.8. The van der Waals surface area contributed by atoms with Crippen molar-refractivity contribution in [2.75, 3.05) is 0 Å². The molecule has 0 atom stereocenters. The van der Waals surface area contributed by atoms with E-state index in [4.69, 9.17) is 8.83 Å². The van der Waals surface area contributed by atoms with Gasteiger partial charge in [-0.3, -0.25) is 0 Å². The summed E-state index contributed by atoms with van der Waals surface area (Å²) in [6.45, 7) is 0. The second-order valence-electron chi connectivity index (χ2n) is 13.6. The van der Waals surface area contributed by atoms with Crippen LogP contribution in [0.1, 0.15) is 0 Å². The summed E-state index contributed by atoms with van der Waals surface area (Å²) in [6, 6.07) is 64.9. The first-order chi connectivity index (χ1) is 25.8. The predicted molar refractivity (Wildman–Crippen MR) is 218 cm³/mol. The lowest BCUT2D eigenvalue weighted by atomic mass is 9.84. The zero-order valence-corrected chi connectivity index (χ0v) is 28.1. The molecule has 0 spiro atoms. The third-order valence-corrected chi connectivity index (χ3v) is 10.7. The summed E-state index contributed by atoms with van der Waals surface area (Å²) >= 11 is 0. The Morgan fingerprint density at radius 2 is 0.750 bits per heavy atom. The smallest absolute Gasteiger partial charge is 0.143 e. The van der Waals surface area contributed by atoms with Crippen LogP contribution < -0.4 is 0 Å². The lowest BCUT2D eigenvalue weighted by Gasteiger charge is -2.18. The number of hydrogen-bond acceptors (Lipinski definition) is 2. The number of benzene rings is 9. The van der Waals surface area contributed by atoms with Crippen molar-refractivity contribution in [1.29, 1.82) is 0 Å². The maximum Gasteiger partial charge on any atom is 0.143 e. The molecule has 2 nitrogen and oxygen atoms in total. The van der Waals surface area contributed by atoms with Crippen molar-refractivity contribution >= 4 is 65.4 Å². The summed E-state index contributed by atoms with van der Waals surface area (Å²) in [7, 11) is 0. The molecule has 2 heteroatoms. The molecule has 9 aromatic carbocycles. The topological polar surface area (TPSA) is 26.3 Å². The lowest BCUT2D eigenvalue weighted by Crippen LogP contribution is -1.92. The third kappa shape index (κ3) is 4.31. The molecule has 0 fully saturated rings. The number of furan rings is 2. The van der Waals surface area contributed by atoms with Gasteiger partial charge in [0, 0.05) is 27.1 Å². The van der Waals surface area contributed by atoms with Crippen LogP contribution in [0.3, 0.4) is 0 Å². The SMILES string of the molecule is c1ccc(-c2ccc(-c3ccc(-c4c5ccccc5c(-c5ccc6c(c5)oc5ccccc56)c5ccccc45)c4c3oc3ccccc34)cc2)cc1. The highest BCUT2D eigenvalue weighted by Crippen LogP contribution is 2.49. The molecule has 0 aliphatic heterocycles. The third-order valence-electron chi connectivity index (χ3n) is 10.7. The van der Waals surface area contributed by atoms with Crippen molar-refractivity contribution in [3.05, 3.63) is 182 Å². The van der Waals surface area contributed by atoms with Gasteiger partial charge in [-0.15, -0.1) is 0 Å². The molecular formula is C50H30O2. The second kappa shape index (κ2) is 11.3. The van der Waals surface area contributed by atoms with E-state index in [9.17, 15) is 0 Å². The van der Waals surface area contributed by atoms with Gasteiger partial charge in [-0.2, -0.15) is 0 Å². The van der Waals surface area contributed by atoms with Crippen molar-refractivity contribution in [2.24, 2.45) is 0 Å². The van der Waals surface area contributed by atoms with Crippen molar-refractivity contribution in [3.8, 4) is 44.5 Å². The summed E-state index contributed by atoms with van der Waals surface area (Å²) in [4.78, 5) is 0. The standard InChI is InChI=1S/C50H30O2/c1-2-12-31(13-3-1)32-22-24-33(25-23-32)35-28-29-43(49-42-19-9-11-21-45(42)52-50(35)49)48-40-17-6-4-15-38(40)47(39-16-5-7-18-41(39)48)34-26-27-37-36-14-8-10-20-44(36)51-46(37)30-34/h1-30H. The highest BCUT2D eigenvalue weighted by molar-refractivity contribution is 6.27. The molecule has 52 heavy (non-hydrogen) atoms. The van der Waals surface area contributed by atoms with E-state index < -0.39 is 0 Å². The zero-order valence-electron chi connectivity index (χ0n) is 28.1. The van der Waals surface area contributed by atoms with E-state index in [-0.39, 0.29) is 0 Å². The highest BCUT2D eigenvalue weighted by atomic mass is 16.3. The fourth-order valence-corrected chi connectivity index (χ4v) is 8.35. The molecular weight excluding hydrogens is 633 g/mol. The van der Waals surface area contributed by atoms with Gasteiger partial charge in [0.15, 0.2) is 0 Å². The van der Waals surface area contributed by atoms with E-state index in [1.54, 1.807) is 0 Å². The van der Waals surface area contributed by atoms with Gasteiger partial charge in [0.1, 0.15) is 22.3 Å². The van der Waals surface area contributed by atoms with Crippen molar-refractivity contribution in [2.45, 2.75) is 0 Å². The van der Waals surface area contributed by atoms with E-state index >= 15 is 0 Å². The van der Waals surface area contributed by atoms with Crippen molar-refractivity contribution < 1.29 is 8.83 Å². The van der Waals surface area contributed by atoms with Crippen LogP contribution in [0, 0.1) is 0 Å². The summed E-state index contributed by atoms with van der Waals surface area (Å²) in [6.07, 6.45) is 0. The van der Waals surface area contributed by atoms with E-state index in [1.165, 1.54) is 43.8 Å². The maximum atomic E-state index is 6.79. The van der Waals surface area contributed by atoms with Crippen LogP contribution in [0.15, 0.2) is 191 Å². The van der Waals surface area contributed by atoms with Crippen molar-refractivity contribution in [3.63, 3.8) is 0 Å². The first-order valence-corrected chi connectivity index (χ1v) is 17.8. The molecule has 0 amide bonds. The Labute approximate surface area is 299 Å². The van der Waals surface area contributed by atoms with Crippen LogP contribution in [0.5, 0.6) is 0 Å². The van der Waals surface area contributed by atoms with Crippen LogP contribution in [0.2, 0.25) is 0 Å². The first kappa shape index (κ1) is 28.9. The Balaban J connectivity index is 1.17. The zero-order chi connectivity index (χ0) is 34.2. The summed E-state index contributed by atoms with van der Waals surface area (Å²) in [5.74, 6) is 0. The van der Waals surface area contributed by atoms with Crippen LogP contribution in [-0.4, -0.2) is 0 Å². The van der Waals surface area contributed by atoms with Crippen LogP contribution in [0.25, 0.3) is 110 Å². The van der Waals surface area contributed by atoms with Gasteiger partial charge >= 0.3 is 0 Å². The van der Waals surface area contributed by atoms with Crippen molar-refractivity contribution in [1.82, 2.24) is 0 Å². The van der Waals surface area contributed by atoms with Gasteiger partial charge in [-0.05, 0) is 90.8 Å². The number of hydrogen-bond donors (Lipinski definition) is 0. The summed E-state index contributed by atoms with van der Waals surface area (Å²) in [5, 5.41) is 9.32. The molecule has 242 valence electrons. The Hall–Kier alpha value is -6.90. The van der Waals surface area contributed by atoms with E-state index in [0.717, 1.165) is 66.1 Å². The molecule has 0 N–H and O–H groups in total. The summed E-state index contributed by atoms with van der Waals surface area (Å²) < 4.78 is 13.2. The van der Waals surface area contributed by atoms with Crippen LogP contribution >= 0.6 is 0 Å². The predicted octanol–water partition coefficient (Wildman–Crippen LogP) is 14.5. The average Bonchev–Trinajstić information content (AvgIpc) is 3.79. The van der Waals surface area contributed by atoms with Crippen LogP contribution in [-0.2, 0) is 0 Å². The van der Waals surface area contributed by atoms with E-state index in [2.05, 4.69) is 170 Å². The minimum Gasteiger partial charge on any atom is -0.456 e. The molecule has 0 aliphatic rings. The van der Waals surface area contributed by atoms with E-state index in [0.29, 0.717) is 0 Å². The molecule has 0 unspecified atom stereocenters. The summed E-state index contributed by atoms with van der Waals surface area (Å²) in [5.41, 5.74) is 12.9. The minimum atomic E-state index is 0.886. The average molecular weight is 663 g/mol. The Kier molecular flexibility index (Phi) is 6.28. The fourth-order valence-electron chi connectivity index (χ4n) is 8.35. The van der Waals surface area contributed by atoms with Gasteiger partial charge in [-0.25, -0.2) is 0 Å². The van der Waals surface area contributed by atoms with Gasteiger partial charge < -0.3 is 8.83 Å². The largest absolute Gasteiger partial charge is 0.456 e. The highest BCUT2D eigenvalue weighted by Gasteiger charge is 2.22. The lowest BCUT2D eigenvalue weighted by molar-refractivity contribution is 0.669. The molecule has 0 aliphatic carbocycles. The number of fused-ring (bicyclic) bond motifs is 8. The second-order valence-corrected chi connectivity index (χ2v) is 13.6. The molecule has 0 bridgehead atoms. The normalized spacial score (nSPS) is 11.8. The Morgan fingerprint density at radius 1 is 0.269 bits per heavy atom. The van der Waals surface area contributed by atoms with Gasteiger partial charge in [0.25, 0.3) is 0 Å². The molecule has 2 heterocycles. The van der Waals surface area contributed by atoms with Crippen LogP contribution in [0.4, 0.5) is 0 Å². The van der Waals surface area contributed by atoms with Gasteiger partial charge in [0.2, 0.25) is 0 Å². The molecule has 0 radical (unpaired) electrons. The maximum absolute atomic E-state index is 6.79. The van der Waals surface area contributed by atoms with E-state index in [1.807, 2.05) is 12.1 Å².